The molecule has 0 spiro atoms. The van der Waals surface area contributed by atoms with Gasteiger partial charge in [-0.3, -0.25) is 0 Å². The van der Waals surface area contributed by atoms with Crippen LogP contribution in [0.1, 0.15) is 23.7 Å². The number of methoxy groups -OCH3 is 1. The number of fused-ring (bicyclic) bond motifs is 2. The Morgan fingerprint density at radius 3 is 3.04 bits per heavy atom. The molecule has 128 valence electrons. The predicted octanol–water partition coefficient (Wildman–Crippen LogP) is 1.78. The summed E-state index contributed by atoms with van der Waals surface area (Å²) in [7, 11) is 1.53. The van der Waals surface area contributed by atoms with Gasteiger partial charge in [-0.1, -0.05) is 6.08 Å². The highest BCUT2D eigenvalue weighted by Gasteiger charge is 2.24. The zero-order valence-electron chi connectivity index (χ0n) is 13.8. The number of hydrogen-bond donors (Lipinski definition) is 2. The van der Waals surface area contributed by atoms with Gasteiger partial charge in [-0.05, 0) is 18.6 Å². The van der Waals surface area contributed by atoms with Crippen LogP contribution in [-0.2, 0) is 6.54 Å². The molecule has 0 aliphatic carbocycles. The van der Waals surface area contributed by atoms with Crippen molar-refractivity contribution >= 4 is 17.2 Å². The standard InChI is InChI=1S/C17H17FN6O/c1-9-5-11(10-6-12(18)15-20-3-4-24(15)8-10)14-13(7-21-9)22-17(19)23-16(14)25-2/h3-6,8-9,21H,7H2,1-2H3,(H2,19,22,23)/t9-/m1/s1. The molecule has 0 aromatic carbocycles. The van der Waals surface area contributed by atoms with E-state index in [1.54, 1.807) is 16.8 Å². The minimum Gasteiger partial charge on any atom is -0.480 e. The van der Waals surface area contributed by atoms with E-state index in [0.717, 1.165) is 5.57 Å². The van der Waals surface area contributed by atoms with Gasteiger partial charge in [-0.2, -0.15) is 4.98 Å². The van der Waals surface area contributed by atoms with E-state index < -0.39 is 5.82 Å². The lowest BCUT2D eigenvalue weighted by Crippen LogP contribution is -2.22. The van der Waals surface area contributed by atoms with Crippen molar-refractivity contribution in [3.63, 3.8) is 0 Å². The van der Waals surface area contributed by atoms with E-state index in [1.807, 2.05) is 19.2 Å². The molecule has 3 N–H and O–H groups in total. The zero-order chi connectivity index (χ0) is 17.6. The van der Waals surface area contributed by atoms with Gasteiger partial charge < -0.3 is 20.2 Å². The summed E-state index contributed by atoms with van der Waals surface area (Å²) in [4.78, 5) is 12.5. The fourth-order valence-electron chi connectivity index (χ4n) is 3.08. The van der Waals surface area contributed by atoms with Crippen molar-refractivity contribution in [3.05, 3.63) is 53.4 Å². The Hall–Kier alpha value is -3.00. The molecule has 0 unspecified atom stereocenters. The highest BCUT2D eigenvalue weighted by Crippen LogP contribution is 2.35. The third kappa shape index (κ3) is 2.60. The first-order valence-corrected chi connectivity index (χ1v) is 7.85. The fraction of sp³-hybridized carbons (Fsp3) is 0.235. The Kier molecular flexibility index (Phi) is 3.61. The van der Waals surface area contributed by atoms with Crippen LogP contribution < -0.4 is 15.8 Å². The van der Waals surface area contributed by atoms with Crippen LogP contribution >= 0.6 is 0 Å². The second kappa shape index (κ2) is 5.82. The number of anilines is 1. The van der Waals surface area contributed by atoms with Crippen LogP contribution in [0.2, 0.25) is 0 Å². The van der Waals surface area contributed by atoms with Crippen molar-refractivity contribution in [2.45, 2.75) is 19.5 Å². The first kappa shape index (κ1) is 15.5. The van der Waals surface area contributed by atoms with Crippen LogP contribution in [0.5, 0.6) is 5.88 Å². The second-order valence-corrected chi connectivity index (χ2v) is 5.90. The quantitative estimate of drug-likeness (QED) is 0.739. The number of rotatable bonds is 2. The van der Waals surface area contributed by atoms with E-state index in [-0.39, 0.29) is 17.6 Å². The summed E-state index contributed by atoms with van der Waals surface area (Å²) in [5, 5.41) is 3.34. The van der Waals surface area contributed by atoms with Gasteiger partial charge in [-0.15, -0.1) is 0 Å². The summed E-state index contributed by atoms with van der Waals surface area (Å²) in [6.45, 7) is 2.52. The predicted molar refractivity (Wildman–Crippen MR) is 91.5 cm³/mol. The molecule has 3 aromatic heterocycles. The SMILES string of the molecule is COc1nc(N)nc2c1C(c1cc(F)c3nccn3c1)=C[C@@H](C)NC2. The van der Waals surface area contributed by atoms with E-state index in [4.69, 9.17) is 10.5 Å². The highest BCUT2D eigenvalue weighted by molar-refractivity contribution is 5.84. The van der Waals surface area contributed by atoms with E-state index in [9.17, 15) is 4.39 Å². The lowest BCUT2D eigenvalue weighted by molar-refractivity contribution is 0.395. The Morgan fingerprint density at radius 1 is 1.40 bits per heavy atom. The number of nitrogen functional groups attached to an aromatic ring is 1. The van der Waals surface area contributed by atoms with Gasteiger partial charge in [0.15, 0.2) is 11.5 Å². The van der Waals surface area contributed by atoms with Crippen LogP contribution in [0.15, 0.2) is 30.7 Å². The molecule has 8 heteroatoms. The van der Waals surface area contributed by atoms with Crippen molar-refractivity contribution in [3.8, 4) is 5.88 Å². The van der Waals surface area contributed by atoms with Crippen LogP contribution in [0.4, 0.5) is 10.3 Å². The number of pyridine rings is 1. The maximum atomic E-state index is 14.4. The summed E-state index contributed by atoms with van der Waals surface area (Å²) >= 11 is 0. The molecule has 1 aliphatic heterocycles. The molecule has 0 fully saturated rings. The van der Waals surface area contributed by atoms with E-state index >= 15 is 0 Å². The number of hydrogen-bond acceptors (Lipinski definition) is 6. The lowest BCUT2D eigenvalue weighted by Gasteiger charge is -2.15. The lowest BCUT2D eigenvalue weighted by atomic mass is 9.97. The Balaban J connectivity index is 1.99. The number of aromatic nitrogens is 4. The Bertz CT molecular complexity index is 996. The summed E-state index contributed by atoms with van der Waals surface area (Å²) in [6.07, 6.45) is 7.10. The molecule has 4 heterocycles. The molecule has 4 rings (SSSR count). The smallest absolute Gasteiger partial charge is 0.226 e. The van der Waals surface area contributed by atoms with Crippen LogP contribution in [0.25, 0.3) is 11.2 Å². The monoisotopic (exact) mass is 340 g/mol. The number of nitrogens with zero attached hydrogens (tertiary/aromatic N) is 4. The van der Waals surface area contributed by atoms with Crippen molar-refractivity contribution < 1.29 is 9.13 Å². The molecule has 3 aromatic rings. The van der Waals surface area contributed by atoms with Crippen molar-refractivity contribution in [1.29, 1.82) is 0 Å². The molecule has 25 heavy (non-hydrogen) atoms. The number of halogens is 1. The Labute approximate surface area is 143 Å². The molecule has 1 aliphatic rings. The van der Waals surface area contributed by atoms with E-state index in [2.05, 4.69) is 20.3 Å². The van der Waals surface area contributed by atoms with Gasteiger partial charge in [0.1, 0.15) is 0 Å². The molecule has 0 radical (unpaired) electrons. The normalized spacial score (nSPS) is 17.1. The summed E-state index contributed by atoms with van der Waals surface area (Å²) in [5.41, 5.74) is 8.98. The van der Waals surface area contributed by atoms with E-state index in [1.165, 1.54) is 13.2 Å². The van der Waals surface area contributed by atoms with Crippen molar-refractivity contribution in [2.24, 2.45) is 0 Å². The maximum Gasteiger partial charge on any atom is 0.226 e. The van der Waals surface area contributed by atoms with Gasteiger partial charge in [0.2, 0.25) is 11.8 Å². The maximum absolute atomic E-state index is 14.4. The molecule has 7 nitrogen and oxygen atoms in total. The third-order valence-corrected chi connectivity index (χ3v) is 4.19. The average molecular weight is 340 g/mol. The number of nitrogens with one attached hydrogen (secondary N) is 1. The summed E-state index contributed by atoms with van der Waals surface area (Å²) in [6, 6.07) is 1.52. The van der Waals surface area contributed by atoms with Crippen LogP contribution in [0, 0.1) is 5.82 Å². The largest absolute Gasteiger partial charge is 0.480 e. The molecular weight excluding hydrogens is 323 g/mol. The van der Waals surface area contributed by atoms with Crippen LogP contribution in [0.3, 0.4) is 0 Å². The Morgan fingerprint density at radius 2 is 2.24 bits per heavy atom. The summed E-state index contributed by atoms with van der Waals surface area (Å²) < 4.78 is 21.5. The van der Waals surface area contributed by atoms with Gasteiger partial charge in [0, 0.05) is 36.7 Å². The highest BCUT2D eigenvalue weighted by atomic mass is 19.1. The molecule has 0 saturated carbocycles. The second-order valence-electron chi connectivity index (χ2n) is 5.90. The van der Waals surface area contributed by atoms with E-state index in [0.29, 0.717) is 29.2 Å². The molecule has 0 bridgehead atoms. The van der Waals surface area contributed by atoms with Crippen LogP contribution in [-0.4, -0.2) is 32.5 Å². The van der Waals surface area contributed by atoms with Gasteiger partial charge >= 0.3 is 0 Å². The van der Waals surface area contributed by atoms with Crippen molar-refractivity contribution in [1.82, 2.24) is 24.7 Å². The molecule has 0 amide bonds. The first-order valence-electron chi connectivity index (χ1n) is 7.85. The molecule has 1 atom stereocenters. The fourth-order valence-corrected chi connectivity index (χ4v) is 3.08. The van der Waals surface area contributed by atoms with Gasteiger partial charge in [0.25, 0.3) is 0 Å². The van der Waals surface area contributed by atoms with Gasteiger partial charge in [-0.25, -0.2) is 14.4 Å². The molecular formula is C17H17FN6O. The first-order chi connectivity index (χ1) is 12.1. The third-order valence-electron chi connectivity index (χ3n) is 4.19. The van der Waals surface area contributed by atoms with Crippen molar-refractivity contribution in [2.75, 3.05) is 12.8 Å². The minimum atomic E-state index is -0.398. The number of imidazole rings is 1. The number of nitrogens with two attached hydrogens (primary N) is 1. The average Bonchev–Trinajstić information content (AvgIpc) is 3.00. The zero-order valence-corrected chi connectivity index (χ0v) is 13.8. The molecule has 0 saturated heterocycles. The minimum absolute atomic E-state index is 0.0525. The topological polar surface area (TPSA) is 90.4 Å². The number of ether oxygens (including phenoxy) is 1. The summed E-state index contributed by atoms with van der Waals surface area (Å²) in [5.74, 6) is 0.114. The van der Waals surface area contributed by atoms with Gasteiger partial charge in [0.05, 0.1) is 18.4 Å².